The average molecular weight is 283 g/mol. The third-order valence-electron chi connectivity index (χ3n) is 2.45. The number of nitrogens with zero attached hydrogens (tertiary/aromatic N) is 1. The molecule has 0 saturated carbocycles. The minimum atomic E-state index is -0.272. The number of ether oxygens (including phenoxy) is 1. The Hall–Kier alpha value is -1.55. The van der Waals surface area contributed by atoms with Crippen LogP contribution in [0.5, 0.6) is 5.75 Å². The van der Waals surface area contributed by atoms with Crippen LogP contribution < -0.4 is 10.2 Å². The van der Waals surface area contributed by atoms with E-state index in [0.717, 1.165) is 25.0 Å². The summed E-state index contributed by atoms with van der Waals surface area (Å²) in [4.78, 5) is 11.5. The van der Waals surface area contributed by atoms with Crippen LogP contribution in [0.1, 0.15) is 33.1 Å². The van der Waals surface area contributed by atoms with E-state index in [0.29, 0.717) is 10.8 Å². The van der Waals surface area contributed by atoms with Crippen molar-refractivity contribution in [2.24, 2.45) is 5.10 Å². The van der Waals surface area contributed by atoms with E-state index in [-0.39, 0.29) is 12.5 Å². The van der Waals surface area contributed by atoms with E-state index in [1.54, 1.807) is 24.3 Å². The molecule has 0 atom stereocenters. The Kier molecular flexibility index (Phi) is 6.97. The summed E-state index contributed by atoms with van der Waals surface area (Å²) in [5.74, 6) is 0.331. The number of carbonyl (C=O) groups is 1. The number of halogens is 1. The highest BCUT2D eigenvalue weighted by Crippen LogP contribution is 2.15. The second-order valence-electron chi connectivity index (χ2n) is 4.23. The Bertz CT molecular complexity index is 430. The summed E-state index contributed by atoms with van der Waals surface area (Å²) in [7, 11) is 0. The summed E-state index contributed by atoms with van der Waals surface area (Å²) in [5, 5.41) is 4.64. The van der Waals surface area contributed by atoms with E-state index < -0.39 is 0 Å². The molecule has 0 bridgehead atoms. The highest BCUT2D eigenvalue weighted by molar-refractivity contribution is 6.30. The lowest BCUT2D eigenvalue weighted by Gasteiger charge is -2.05. The number of benzene rings is 1. The minimum absolute atomic E-state index is 0.0633. The monoisotopic (exact) mass is 282 g/mol. The summed E-state index contributed by atoms with van der Waals surface area (Å²) in [5.41, 5.74) is 3.39. The van der Waals surface area contributed by atoms with Gasteiger partial charge in [-0.05, 0) is 44.0 Å². The van der Waals surface area contributed by atoms with Gasteiger partial charge in [0.15, 0.2) is 6.61 Å². The molecule has 5 heteroatoms. The van der Waals surface area contributed by atoms with E-state index in [4.69, 9.17) is 16.3 Å². The van der Waals surface area contributed by atoms with Gasteiger partial charge < -0.3 is 4.74 Å². The largest absolute Gasteiger partial charge is 0.484 e. The first kappa shape index (κ1) is 15.5. The molecule has 1 rings (SSSR count). The maximum absolute atomic E-state index is 11.5. The van der Waals surface area contributed by atoms with Crippen molar-refractivity contribution >= 4 is 23.2 Å². The zero-order valence-electron chi connectivity index (χ0n) is 11.3. The van der Waals surface area contributed by atoms with Gasteiger partial charge in [-0.1, -0.05) is 24.9 Å². The molecule has 0 unspecified atom stereocenters. The molecular weight excluding hydrogens is 264 g/mol. The van der Waals surface area contributed by atoms with E-state index in [1.165, 1.54) is 0 Å². The molecule has 1 aromatic carbocycles. The fourth-order valence-electron chi connectivity index (χ4n) is 1.36. The number of amides is 1. The Morgan fingerprint density at radius 1 is 1.37 bits per heavy atom. The van der Waals surface area contributed by atoms with Crippen molar-refractivity contribution in [1.82, 2.24) is 5.43 Å². The zero-order chi connectivity index (χ0) is 14.1. The summed E-state index contributed by atoms with van der Waals surface area (Å²) in [6.45, 7) is 3.95. The first-order valence-electron chi connectivity index (χ1n) is 6.32. The van der Waals surface area contributed by atoms with Crippen molar-refractivity contribution in [3.63, 3.8) is 0 Å². The Morgan fingerprint density at radius 2 is 2.05 bits per heavy atom. The lowest BCUT2D eigenvalue weighted by molar-refractivity contribution is -0.123. The van der Waals surface area contributed by atoms with Crippen LogP contribution in [0.2, 0.25) is 5.02 Å². The van der Waals surface area contributed by atoms with Crippen molar-refractivity contribution in [1.29, 1.82) is 0 Å². The Balaban J connectivity index is 2.29. The van der Waals surface area contributed by atoms with Crippen LogP contribution in [0.3, 0.4) is 0 Å². The number of hydrazone groups is 1. The van der Waals surface area contributed by atoms with Crippen molar-refractivity contribution in [3.8, 4) is 5.75 Å². The quantitative estimate of drug-likeness (QED) is 0.615. The molecule has 1 N–H and O–H groups in total. The molecule has 1 aromatic rings. The molecule has 0 aromatic heterocycles. The van der Waals surface area contributed by atoms with Crippen molar-refractivity contribution in [2.75, 3.05) is 6.61 Å². The van der Waals surface area contributed by atoms with Gasteiger partial charge in [0.25, 0.3) is 5.91 Å². The molecular formula is C14H19ClN2O2. The van der Waals surface area contributed by atoms with Gasteiger partial charge in [-0.25, -0.2) is 5.43 Å². The molecule has 4 nitrogen and oxygen atoms in total. The Labute approximate surface area is 118 Å². The molecule has 0 fully saturated rings. The van der Waals surface area contributed by atoms with E-state index in [1.807, 2.05) is 6.92 Å². The SMILES string of the molecule is CCCC/C(C)=N/NC(=O)COc1ccc(Cl)cc1. The second kappa shape index (κ2) is 8.53. The minimum Gasteiger partial charge on any atom is -0.484 e. The Morgan fingerprint density at radius 3 is 2.68 bits per heavy atom. The molecule has 0 radical (unpaired) electrons. The lowest BCUT2D eigenvalue weighted by atomic mass is 10.2. The third kappa shape index (κ3) is 6.82. The highest BCUT2D eigenvalue weighted by atomic mass is 35.5. The van der Waals surface area contributed by atoms with E-state index in [2.05, 4.69) is 17.5 Å². The van der Waals surface area contributed by atoms with Gasteiger partial charge in [0.2, 0.25) is 0 Å². The maximum Gasteiger partial charge on any atom is 0.277 e. The van der Waals surface area contributed by atoms with Gasteiger partial charge in [0.1, 0.15) is 5.75 Å². The summed E-state index contributed by atoms with van der Waals surface area (Å²) < 4.78 is 5.30. The number of hydrogen-bond donors (Lipinski definition) is 1. The van der Waals surface area contributed by atoms with Crippen molar-refractivity contribution < 1.29 is 9.53 Å². The van der Waals surface area contributed by atoms with Gasteiger partial charge in [-0.3, -0.25) is 4.79 Å². The van der Waals surface area contributed by atoms with Crippen LogP contribution in [0, 0.1) is 0 Å². The zero-order valence-corrected chi connectivity index (χ0v) is 12.0. The van der Waals surface area contributed by atoms with Gasteiger partial charge in [-0.15, -0.1) is 0 Å². The normalized spacial score (nSPS) is 11.2. The van der Waals surface area contributed by atoms with Crippen LogP contribution in [0.15, 0.2) is 29.4 Å². The molecule has 0 heterocycles. The molecule has 0 saturated heterocycles. The van der Waals surface area contributed by atoms with Crippen LogP contribution in [-0.2, 0) is 4.79 Å². The fraction of sp³-hybridized carbons (Fsp3) is 0.429. The number of unbranched alkanes of at least 4 members (excludes halogenated alkanes) is 1. The molecule has 0 aliphatic carbocycles. The molecule has 0 spiro atoms. The van der Waals surface area contributed by atoms with Gasteiger partial charge >= 0.3 is 0 Å². The van der Waals surface area contributed by atoms with Crippen LogP contribution >= 0.6 is 11.6 Å². The van der Waals surface area contributed by atoms with Crippen LogP contribution in [0.25, 0.3) is 0 Å². The van der Waals surface area contributed by atoms with Gasteiger partial charge in [-0.2, -0.15) is 5.10 Å². The van der Waals surface area contributed by atoms with Crippen molar-refractivity contribution in [3.05, 3.63) is 29.3 Å². The third-order valence-corrected chi connectivity index (χ3v) is 2.70. The number of hydrogen-bond acceptors (Lipinski definition) is 3. The van der Waals surface area contributed by atoms with Gasteiger partial charge in [0, 0.05) is 10.7 Å². The smallest absolute Gasteiger partial charge is 0.277 e. The maximum atomic E-state index is 11.5. The number of nitrogens with one attached hydrogen (secondary N) is 1. The first-order valence-corrected chi connectivity index (χ1v) is 6.70. The lowest BCUT2D eigenvalue weighted by Crippen LogP contribution is -2.25. The topological polar surface area (TPSA) is 50.7 Å². The summed E-state index contributed by atoms with van der Waals surface area (Å²) in [6, 6.07) is 6.85. The van der Waals surface area contributed by atoms with E-state index in [9.17, 15) is 4.79 Å². The van der Waals surface area contributed by atoms with Gasteiger partial charge in [0.05, 0.1) is 0 Å². The second-order valence-corrected chi connectivity index (χ2v) is 4.66. The summed E-state index contributed by atoms with van der Waals surface area (Å²) >= 11 is 5.75. The molecule has 0 aliphatic heterocycles. The van der Waals surface area contributed by atoms with Crippen molar-refractivity contribution in [2.45, 2.75) is 33.1 Å². The van der Waals surface area contributed by atoms with E-state index >= 15 is 0 Å². The molecule has 1 amide bonds. The molecule has 0 aliphatic rings. The standard InChI is InChI=1S/C14H19ClN2O2/c1-3-4-5-11(2)16-17-14(18)10-19-13-8-6-12(15)7-9-13/h6-9H,3-5,10H2,1-2H3,(H,17,18)/b16-11+. The first-order chi connectivity index (χ1) is 9.11. The highest BCUT2D eigenvalue weighted by Gasteiger charge is 2.02. The van der Waals surface area contributed by atoms with Crippen LogP contribution in [0.4, 0.5) is 0 Å². The number of rotatable bonds is 7. The average Bonchev–Trinajstić information content (AvgIpc) is 2.42. The number of carbonyl (C=O) groups excluding carboxylic acids is 1. The predicted molar refractivity (Wildman–Crippen MR) is 77.7 cm³/mol. The fourth-order valence-corrected chi connectivity index (χ4v) is 1.48. The van der Waals surface area contributed by atoms with Crippen LogP contribution in [-0.4, -0.2) is 18.2 Å². The molecule has 104 valence electrons. The predicted octanol–water partition coefficient (Wildman–Crippen LogP) is 3.40. The molecule has 19 heavy (non-hydrogen) atoms. The summed E-state index contributed by atoms with van der Waals surface area (Å²) in [6.07, 6.45) is 3.09.